The number of benzene rings is 2. The van der Waals surface area contributed by atoms with Gasteiger partial charge in [0.05, 0.1) is 10.6 Å². The van der Waals surface area contributed by atoms with Crippen LogP contribution in [-0.2, 0) is 9.53 Å². The minimum Gasteiger partial charge on any atom is -0.449 e. The Labute approximate surface area is 148 Å². The number of nitrogens with one attached hydrogen (secondary N) is 1. The van der Waals surface area contributed by atoms with E-state index in [1.165, 1.54) is 30.8 Å². The van der Waals surface area contributed by atoms with Crippen molar-refractivity contribution in [3.8, 4) is 0 Å². The molecule has 0 spiro atoms. The number of esters is 1. The molecule has 0 fully saturated rings. The number of ether oxygens (including phenoxy) is 1. The topological polar surface area (TPSA) is 55.4 Å². The molecule has 1 N–H and O–H groups in total. The van der Waals surface area contributed by atoms with Gasteiger partial charge in [0.25, 0.3) is 5.91 Å². The summed E-state index contributed by atoms with van der Waals surface area (Å²) >= 11 is 7.07. The van der Waals surface area contributed by atoms with E-state index in [4.69, 9.17) is 16.3 Å². The van der Waals surface area contributed by atoms with E-state index in [9.17, 15) is 14.0 Å². The highest BCUT2D eigenvalue weighted by atomic mass is 35.5. The maximum atomic E-state index is 13.1. The third-order valence-corrected chi connectivity index (χ3v) is 4.25. The highest BCUT2D eigenvalue weighted by Gasteiger charge is 2.21. The number of halogens is 2. The summed E-state index contributed by atoms with van der Waals surface area (Å²) in [6.07, 6.45) is 0.830. The molecular weight excluding hydrogens is 353 g/mol. The molecule has 0 saturated heterocycles. The van der Waals surface area contributed by atoms with Crippen molar-refractivity contribution in [2.24, 2.45) is 0 Å². The van der Waals surface area contributed by atoms with Crippen molar-refractivity contribution >= 4 is 40.9 Å². The van der Waals surface area contributed by atoms with Crippen LogP contribution in [0.3, 0.4) is 0 Å². The number of hydrogen-bond acceptors (Lipinski definition) is 4. The summed E-state index contributed by atoms with van der Waals surface area (Å²) in [4.78, 5) is 25.1. The summed E-state index contributed by atoms with van der Waals surface area (Å²) in [6, 6.07) is 10.8. The second kappa shape index (κ2) is 8.17. The van der Waals surface area contributed by atoms with Crippen molar-refractivity contribution in [1.82, 2.24) is 0 Å². The maximum absolute atomic E-state index is 13.1. The molecule has 24 heavy (non-hydrogen) atoms. The molecule has 2 aromatic rings. The molecule has 0 radical (unpaired) electrons. The molecule has 0 aliphatic rings. The second-order valence-electron chi connectivity index (χ2n) is 4.87. The van der Waals surface area contributed by atoms with Crippen molar-refractivity contribution < 1.29 is 18.7 Å². The van der Waals surface area contributed by atoms with Crippen molar-refractivity contribution in [3.05, 3.63) is 58.9 Å². The van der Waals surface area contributed by atoms with E-state index in [0.717, 1.165) is 11.0 Å². The predicted molar refractivity (Wildman–Crippen MR) is 93.1 cm³/mol. The van der Waals surface area contributed by atoms with Crippen LogP contribution in [0.5, 0.6) is 0 Å². The molecular formula is C17H15ClFNO3S. The number of amides is 1. The van der Waals surface area contributed by atoms with E-state index in [0.29, 0.717) is 11.3 Å². The first-order valence-corrected chi connectivity index (χ1v) is 8.62. The van der Waals surface area contributed by atoms with Crippen molar-refractivity contribution in [3.63, 3.8) is 0 Å². The summed E-state index contributed by atoms with van der Waals surface area (Å²) in [6.45, 7) is 1.46. The summed E-state index contributed by atoms with van der Waals surface area (Å²) in [5.74, 6) is -1.70. The quantitative estimate of drug-likeness (QED) is 0.629. The van der Waals surface area contributed by atoms with E-state index in [-0.39, 0.29) is 5.02 Å². The third kappa shape index (κ3) is 4.49. The molecule has 2 rings (SSSR count). The van der Waals surface area contributed by atoms with Crippen LogP contribution in [0.4, 0.5) is 10.1 Å². The highest BCUT2D eigenvalue weighted by Crippen LogP contribution is 2.22. The fourth-order valence-electron chi connectivity index (χ4n) is 1.91. The molecule has 4 nitrogen and oxygen atoms in total. The fraction of sp³-hybridized carbons (Fsp3) is 0.176. The second-order valence-corrected chi connectivity index (χ2v) is 6.12. The van der Waals surface area contributed by atoms with Gasteiger partial charge in [0, 0.05) is 10.6 Å². The molecule has 126 valence electrons. The molecule has 0 heterocycles. The normalized spacial score (nSPS) is 11.7. The average molecular weight is 368 g/mol. The van der Waals surface area contributed by atoms with E-state index in [1.54, 1.807) is 18.2 Å². The lowest BCUT2D eigenvalue weighted by Crippen LogP contribution is -2.30. The van der Waals surface area contributed by atoms with Crippen molar-refractivity contribution in [1.29, 1.82) is 0 Å². The van der Waals surface area contributed by atoms with Gasteiger partial charge in [0.15, 0.2) is 6.10 Å². The van der Waals surface area contributed by atoms with Gasteiger partial charge in [-0.3, -0.25) is 4.79 Å². The zero-order chi connectivity index (χ0) is 17.7. The smallest absolute Gasteiger partial charge is 0.340 e. The van der Waals surface area contributed by atoms with Crippen LogP contribution in [0.1, 0.15) is 17.3 Å². The molecule has 0 aliphatic heterocycles. The van der Waals surface area contributed by atoms with Crippen LogP contribution < -0.4 is 5.32 Å². The Bertz CT molecular complexity index is 769. The standard InChI is InChI=1S/C17H15ClFNO3S/c1-10(16(21)20-11-7-8-14(19)13(18)9-11)23-17(22)12-5-3-4-6-15(12)24-2/h3-10H,1-2H3,(H,20,21). The molecule has 1 atom stereocenters. The Morgan fingerprint density at radius 3 is 2.62 bits per heavy atom. The lowest BCUT2D eigenvalue weighted by Gasteiger charge is -2.14. The van der Waals surface area contributed by atoms with Gasteiger partial charge >= 0.3 is 5.97 Å². The molecule has 0 bridgehead atoms. The highest BCUT2D eigenvalue weighted by molar-refractivity contribution is 7.98. The summed E-state index contributed by atoms with van der Waals surface area (Å²) < 4.78 is 18.3. The van der Waals surface area contributed by atoms with Gasteiger partial charge in [0.1, 0.15) is 5.82 Å². The number of rotatable bonds is 5. The minimum atomic E-state index is -1.02. The number of carbonyl (C=O) groups is 2. The molecule has 0 saturated carbocycles. The van der Waals surface area contributed by atoms with Gasteiger partial charge in [-0.25, -0.2) is 9.18 Å². The maximum Gasteiger partial charge on any atom is 0.340 e. The number of anilines is 1. The van der Waals surface area contributed by atoms with Crippen LogP contribution in [0.15, 0.2) is 47.4 Å². The van der Waals surface area contributed by atoms with Gasteiger partial charge in [-0.15, -0.1) is 11.8 Å². The van der Waals surface area contributed by atoms with E-state index >= 15 is 0 Å². The molecule has 2 aromatic carbocycles. The zero-order valence-corrected chi connectivity index (χ0v) is 14.6. The van der Waals surface area contributed by atoms with Gasteiger partial charge in [-0.1, -0.05) is 23.7 Å². The van der Waals surface area contributed by atoms with Gasteiger partial charge in [0.2, 0.25) is 0 Å². The van der Waals surface area contributed by atoms with Crippen LogP contribution in [0.2, 0.25) is 5.02 Å². The molecule has 0 aliphatic carbocycles. The van der Waals surface area contributed by atoms with Gasteiger partial charge in [-0.2, -0.15) is 0 Å². The van der Waals surface area contributed by atoms with Crippen molar-refractivity contribution in [2.75, 3.05) is 11.6 Å². The molecule has 7 heteroatoms. The monoisotopic (exact) mass is 367 g/mol. The number of carbonyl (C=O) groups excluding carboxylic acids is 2. The SMILES string of the molecule is CSc1ccccc1C(=O)OC(C)C(=O)Nc1ccc(F)c(Cl)c1. The number of hydrogen-bond donors (Lipinski definition) is 1. The van der Waals surface area contributed by atoms with Crippen LogP contribution in [0, 0.1) is 5.82 Å². The third-order valence-electron chi connectivity index (χ3n) is 3.17. The minimum absolute atomic E-state index is 0.105. The van der Waals surface area contributed by atoms with Crippen molar-refractivity contribution in [2.45, 2.75) is 17.9 Å². The first-order chi connectivity index (χ1) is 11.4. The molecule has 0 aromatic heterocycles. The van der Waals surface area contributed by atoms with E-state index in [2.05, 4.69) is 5.32 Å². The predicted octanol–water partition coefficient (Wildman–Crippen LogP) is 4.39. The Morgan fingerprint density at radius 2 is 1.96 bits per heavy atom. The van der Waals surface area contributed by atoms with Gasteiger partial charge in [-0.05, 0) is 43.5 Å². The molecule has 1 unspecified atom stereocenters. The van der Waals surface area contributed by atoms with Crippen LogP contribution in [0.25, 0.3) is 0 Å². The van der Waals surface area contributed by atoms with E-state index < -0.39 is 23.8 Å². The largest absolute Gasteiger partial charge is 0.449 e. The zero-order valence-electron chi connectivity index (χ0n) is 13.0. The number of thioether (sulfide) groups is 1. The summed E-state index contributed by atoms with van der Waals surface area (Å²) in [5.41, 5.74) is 0.716. The Hall–Kier alpha value is -2.05. The van der Waals surface area contributed by atoms with E-state index in [1.807, 2.05) is 12.3 Å². The Morgan fingerprint density at radius 1 is 1.25 bits per heavy atom. The van der Waals surface area contributed by atoms with Crippen LogP contribution in [-0.4, -0.2) is 24.2 Å². The fourth-order valence-corrected chi connectivity index (χ4v) is 2.68. The average Bonchev–Trinajstić information content (AvgIpc) is 2.57. The summed E-state index contributed by atoms with van der Waals surface area (Å²) in [7, 11) is 0. The lowest BCUT2D eigenvalue weighted by atomic mass is 10.2. The first kappa shape index (κ1) is 18.3. The Balaban J connectivity index is 2.03. The van der Waals surface area contributed by atoms with Crippen LogP contribution >= 0.6 is 23.4 Å². The lowest BCUT2D eigenvalue weighted by molar-refractivity contribution is -0.123. The molecule has 1 amide bonds. The van der Waals surface area contributed by atoms with Gasteiger partial charge < -0.3 is 10.1 Å². The summed E-state index contributed by atoms with van der Waals surface area (Å²) in [5, 5.41) is 2.42. The Kier molecular flexibility index (Phi) is 6.23. The first-order valence-electron chi connectivity index (χ1n) is 7.02.